The maximum atomic E-state index is 12.6. The molecule has 0 unspecified atom stereocenters. The molecular formula is C25H25N5O4S. The number of sulfonamides is 1. The molecule has 5 rings (SSSR count). The van der Waals surface area contributed by atoms with Crippen LogP contribution >= 0.6 is 0 Å². The van der Waals surface area contributed by atoms with Crippen molar-refractivity contribution in [1.29, 1.82) is 0 Å². The largest absolute Gasteiger partial charge is 0.381 e. The summed E-state index contributed by atoms with van der Waals surface area (Å²) in [7, 11) is -3.94. The number of fused-ring (bicyclic) bond motifs is 1. The summed E-state index contributed by atoms with van der Waals surface area (Å²) in [6, 6.07) is 17.8. The summed E-state index contributed by atoms with van der Waals surface area (Å²) in [5.74, 6) is 1.19. The summed E-state index contributed by atoms with van der Waals surface area (Å²) >= 11 is 0. The van der Waals surface area contributed by atoms with Crippen LogP contribution in [0.4, 0.5) is 23.0 Å². The Balaban J connectivity index is 1.50. The molecule has 35 heavy (non-hydrogen) atoms. The van der Waals surface area contributed by atoms with Crippen molar-refractivity contribution in [2.75, 3.05) is 23.8 Å². The molecule has 1 fully saturated rings. The van der Waals surface area contributed by atoms with Crippen LogP contribution in [-0.2, 0) is 14.8 Å². The molecule has 2 aromatic heterocycles. The molecule has 180 valence electrons. The van der Waals surface area contributed by atoms with Gasteiger partial charge in [-0.15, -0.1) is 0 Å². The quantitative estimate of drug-likeness (QED) is 0.320. The molecule has 4 aromatic rings. The van der Waals surface area contributed by atoms with Crippen LogP contribution in [0, 0.1) is 0 Å². The molecule has 0 bridgehead atoms. The first-order valence-electron chi connectivity index (χ1n) is 11.2. The molecule has 0 radical (unpaired) electrons. The number of nitrogens with zero attached hydrogens (tertiary/aromatic N) is 1. The van der Waals surface area contributed by atoms with E-state index in [0.717, 1.165) is 31.7 Å². The number of anilines is 4. The fraction of sp³-hybridized carbons (Fsp3) is 0.200. The lowest BCUT2D eigenvalue weighted by Gasteiger charge is -2.22. The van der Waals surface area contributed by atoms with E-state index in [1.807, 2.05) is 12.1 Å². The van der Waals surface area contributed by atoms with Gasteiger partial charge in [-0.2, -0.15) is 0 Å². The van der Waals surface area contributed by atoms with Crippen LogP contribution in [0.2, 0.25) is 0 Å². The number of ether oxygens (including phenoxy) is 1. The maximum Gasteiger partial charge on any atom is 0.259 e. The number of hydrogen-bond acceptors (Lipinski definition) is 7. The summed E-state index contributed by atoms with van der Waals surface area (Å²) in [4.78, 5) is 19.9. The van der Waals surface area contributed by atoms with E-state index < -0.39 is 10.0 Å². The van der Waals surface area contributed by atoms with Crippen molar-refractivity contribution in [3.63, 3.8) is 0 Å². The number of benzene rings is 2. The standard InChI is InChI=1S/C25H25N5O4S/c26-35(32,33)21-4-2-1-3-20(21)29-22-15-18-9-12-27-25(31)23(18)24(30-22)28-19-7-5-16(6-8-19)17-10-13-34-14-11-17/h1-9,12,15,17H,10-11,13-14H2,(H,27,31)(H2,26,32,33)(H2,28,29,30). The second-order valence-electron chi connectivity index (χ2n) is 8.43. The Kier molecular flexibility index (Phi) is 6.25. The van der Waals surface area contributed by atoms with Crippen molar-refractivity contribution < 1.29 is 13.2 Å². The lowest BCUT2D eigenvalue weighted by molar-refractivity contribution is 0.0853. The Hall–Kier alpha value is -3.73. The molecule has 1 aliphatic heterocycles. The summed E-state index contributed by atoms with van der Waals surface area (Å²) < 4.78 is 29.5. The third-order valence-corrected chi connectivity index (χ3v) is 7.05. The zero-order valence-corrected chi connectivity index (χ0v) is 19.6. The van der Waals surface area contributed by atoms with Gasteiger partial charge in [0.15, 0.2) is 0 Å². The highest BCUT2D eigenvalue weighted by atomic mass is 32.2. The monoisotopic (exact) mass is 491 g/mol. The van der Waals surface area contributed by atoms with Gasteiger partial charge in [-0.05, 0) is 66.1 Å². The second kappa shape index (κ2) is 9.49. The third-order valence-electron chi connectivity index (χ3n) is 6.08. The van der Waals surface area contributed by atoms with Gasteiger partial charge in [-0.25, -0.2) is 18.5 Å². The first-order chi connectivity index (χ1) is 16.9. The van der Waals surface area contributed by atoms with E-state index in [1.54, 1.807) is 36.5 Å². The molecule has 0 spiro atoms. The number of pyridine rings is 2. The normalized spacial score (nSPS) is 14.7. The summed E-state index contributed by atoms with van der Waals surface area (Å²) in [5.41, 5.74) is 2.04. The van der Waals surface area contributed by atoms with Gasteiger partial charge in [-0.3, -0.25) is 4.79 Å². The molecule has 0 aliphatic carbocycles. The zero-order valence-electron chi connectivity index (χ0n) is 18.8. The molecule has 1 saturated heterocycles. The van der Waals surface area contributed by atoms with Crippen molar-refractivity contribution in [3.8, 4) is 0 Å². The van der Waals surface area contributed by atoms with Crippen LogP contribution in [0.25, 0.3) is 10.8 Å². The number of nitrogens with two attached hydrogens (primary N) is 1. The maximum absolute atomic E-state index is 12.6. The van der Waals surface area contributed by atoms with Crippen molar-refractivity contribution in [2.24, 2.45) is 5.14 Å². The van der Waals surface area contributed by atoms with E-state index in [4.69, 9.17) is 9.88 Å². The van der Waals surface area contributed by atoms with Crippen molar-refractivity contribution >= 4 is 43.8 Å². The summed E-state index contributed by atoms with van der Waals surface area (Å²) in [5, 5.41) is 12.7. The van der Waals surface area contributed by atoms with E-state index in [9.17, 15) is 13.2 Å². The molecule has 5 N–H and O–H groups in total. The fourth-order valence-corrected chi connectivity index (χ4v) is 5.02. The minimum Gasteiger partial charge on any atom is -0.381 e. The average molecular weight is 492 g/mol. The average Bonchev–Trinajstić information content (AvgIpc) is 2.85. The SMILES string of the molecule is NS(=O)(=O)c1ccccc1Nc1cc2cc[nH]c(=O)c2c(Nc2ccc(C3CCOCC3)cc2)n1. The molecule has 3 heterocycles. The predicted molar refractivity (Wildman–Crippen MR) is 136 cm³/mol. The van der Waals surface area contributed by atoms with Crippen LogP contribution in [0.1, 0.15) is 24.3 Å². The smallest absolute Gasteiger partial charge is 0.259 e. The van der Waals surface area contributed by atoms with Crippen LogP contribution in [0.15, 0.2) is 76.6 Å². The Morgan fingerprint density at radius 3 is 2.49 bits per heavy atom. The van der Waals surface area contributed by atoms with Crippen molar-refractivity contribution in [1.82, 2.24) is 9.97 Å². The van der Waals surface area contributed by atoms with E-state index in [1.165, 1.54) is 11.6 Å². The number of aromatic nitrogens is 2. The lowest BCUT2D eigenvalue weighted by Crippen LogP contribution is -2.14. The first-order valence-corrected chi connectivity index (χ1v) is 12.8. The number of aromatic amines is 1. The summed E-state index contributed by atoms with van der Waals surface area (Å²) in [6.45, 7) is 1.55. The van der Waals surface area contributed by atoms with Crippen LogP contribution < -0.4 is 21.3 Å². The molecule has 9 nitrogen and oxygen atoms in total. The first kappa shape index (κ1) is 23.0. The molecule has 2 aromatic carbocycles. The second-order valence-corrected chi connectivity index (χ2v) is 9.96. The highest BCUT2D eigenvalue weighted by Gasteiger charge is 2.17. The van der Waals surface area contributed by atoms with Gasteiger partial charge in [0, 0.05) is 25.1 Å². The summed E-state index contributed by atoms with van der Waals surface area (Å²) in [6.07, 6.45) is 3.56. The molecular weight excluding hydrogens is 466 g/mol. The van der Waals surface area contributed by atoms with Crippen molar-refractivity contribution in [2.45, 2.75) is 23.7 Å². The lowest BCUT2D eigenvalue weighted by atomic mass is 9.92. The Morgan fingerprint density at radius 2 is 1.74 bits per heavy atom. The molecule has 10 heteroatoms. The van der Waals surface area contributed by atoms with Crippen molar-refractivity contribution in [3.05, 3.63) is 82.8 Å². The molecule has 1 aliphatic rings. The topological polar surface area (TPSA) is 139 Å². The Bertz CT molecular complexity index is 1530. The van der Waals surface area contributed by atoms with Gasteiger partial charge < -0.3 is 20.4 Å². The molecule has 0 saturated carbocycles. The van der Waals surface area contributed by atoms with Crippen LogP contribution in [-0.4, -0.2) is 31.6 Å². The van der Waals surface area contributed by atoms with Gasteiger partial charge in [0.2, 0.25) is 10.0 Å². The van der Waals surface area contributed by atoms with Gasteiger partial charge in [0.05, 0.1) is 11.1 Å². The number of H-pyrrole nitrogens is 1. The van der Waals surface area contributed by atoms with E-state index in [-0.39, 0.29) is 10.5 Å². The van der Waals surface area contributed by atoms with Gasteiger partial charge in [0.1, 0.15) is 16.5 Å². The number of primary sulfonamides is 1. The number of nitrogens with one attached hydrogen (secondary N) is 3. The Morgan fingerprint density at radius 1 is 1.00 bits per heavy atom. The van der Waals surface area contributed by atoms with Gasteiger partial charge in [-0.1, -0.05) is 24.3 Å². The number of para-hydroxylation sites is 1. The molecule has 0 atom stereocenters. The third kappa shape index (κ3) is 5.04. The highest BCUT2D eigenvalue weighted by Crippen LogP contribution is 2.31. The minimum absolute atomic E-state index is 0.0500. The fourth-order valence-electron chi connectivity index (χ4n) is 4.33. The zero-order chi connectivity index (χ0) is 24.4. The van der Waals surface area contributed by atoms with E-state index >= 15 is 0 Å². The minimum atomic E-state index is -3.94. The Labute approximate surface area is 202 Å². The van der Waals surface area contributed by atoms with E-state index in [2.05, 4.69) is 32.7 Å². The van der Waals surface area contributed by atoms with Gasteiger partial charge in [0.25, 0.3) is 5.56 Å². The van der Waals surface area contributed by atoms with E-state index in [0.29, 0.717) is 34.0 Å². The molecule has 0 amide bonds. The predicted octanol–water partition coefficient (Wildman–Crippen LogP) is 3.95. The highest BCUT2D eigenvalue weighted by molar-refractivity contribution is 7.89. The van der Waals surface area contributed by atoms with Crippen LogP contribution in [0.3, 0.4) is 0 Å². The van der Waals surface area contributed by atoms with Gasteiger partial charge >= 0.3 is 0 Å². The number of hydrogen-bond donors (Lipinski definition) is 4. The number of rotatable bonds is 6. The van der Waals surface area contributed by atoms with Crippen LogP contribution in [0.5, 0.6) is 0 Å².